The SMILES string of the molecule is CN(C(=O)OC(C)(C)C)[C@H]1CCN(Cc2cc(C#N)ccc2N=C(c2ccccc2)c2ccccc2)C1=O. The van der Waals surface area contributed by atoms with Crippen molar-refractivity contribution in [2.45, 2.75) is 45.4 Å². The van der Waals surface area contributed by atoms with Crippen molar-refractivity contribution in [1.82, 2.24) is 9.80 Å². The van der Waals surface area contributed by atoms with Crippen molar-refractivity contribution in [2.24, 2.45) is 4.99 Å². The van der Waals surface area contributed by atoms with E-state index in [1.807, 2.05) is 66.7 Å². The molecule has 1 aliphatic heterocycles. The first-order valence-electron chi connectivity index (χ1n) is 12.6. The molecule has 0 N–H and O–H groups in total. The third kappa shape index (κ3) is 6.27. The van der Waals surface area contributed by atoms with E-state index in [2.05, 4.69) is 6.07 Å². The Kier molecular flexibility index (Phi) is 7.92. The van der Waals surface area contributed by atoms with Gasteiger partial charge in [0.15, 0.2) is 0 Å². The summed E-state index contributed by atoms with van der Waals surface area (Å²) in [6, 6.07) is 26.8. The zero-order valence-corrected chi connectivity index (χ0v) is 22.2. The van der Waals surface area contributed by atoms with Crippen molar-refractivity contribution in [3.63, 3.8) is 0 Å². The number of likely N-dealkylation sites (N-methyl/N-ethyl adjacent to an activating group) is 1. The van der Waals surface area contributed by atoms with Crippen molar-refractivity contribution in [3.05, 3.63) is 101 Å². The maximum atomic E-state index is 13.3. The number of hydrogen-bond acceptors (Lipinski definition) is 5. The van der Waals surface area contributed by atoms with Crippen LogP contribution in [-0.2, 0) is 16.1 Å². The van der Waals surface area contributed by atoms with Gasteiger partial charge in [-0.15, -0.1) is 0 Å². The van der Waals surface area contributed by atoms with E-state index in [1.54, 1.807) is 44.9 Å². The molecule has 0 aromatic heterocycles. The van der Waals surface area contributed by atoms with Crippen LogP contribution in [0.25, 0.3) is 0 Å². The Morgan fingerprint density at radius 3 is 2.21 bits per heavy atom. The molecule has 0 aliphatic carbocycles. The highest BCUT2D eigenvalue weighted by molar-refractivity contribution is 6.14. The minimum absolute atomic E-state index is 0.151. The normalized spacial score (nSPS) is 15.1. The summed E-state index contributed by atoms with van der Waals surface area (Å²) >= 11 is 0. The Bertz CT molecular complexity index is 1330. The summed E-state index contributed by atoms with van der Waals surface area (Å²) in [5.41, 5.74) is 4.02. The van der Waals surface area contributed by atoms with Gasteiger partial charge < -0.3 is 9.64 Å². The first-order chi connectivity index (χ1) is 18.2. The van der Waals surface area contributed by atoms with Gasteiger partial charge in [-0.25, -0.2) is 9.79 Å². The molecule has 1 atom stereocenters. The van der Waals surface area contributed by atoms with Gasteiger partial charge in [0.25, 0.3) is 0 Å². The number of ether oxygens (including phenoxy) is 1. The van der Waals surface area contributed by atoms with E-state index >= 15 is 0 Å². The Morgan fingerprint density at radius 2 is 1.66 bits per heavy atom. The molecule has 1 fully saturated rings. The lowest BCUT2D eigenvalue weighted by Gasteiger charge is -2.28. The quantitative estimate of drug-likeness (QED) is 0.400. The third-order valence-corrected chi connectivity index (χ3v) is 6.31. The maximum absolute atomic E-state index is 13.3. The predicted molar refractivity (Wildman–Crippen MR) is 147 cm³/mol. The lowest BCUT2D eigenvalue weighted by atomic mass is 10.0. The molecule has 7 nitrogen and oxygen atoms in total. The van der Waals surface area contributed by atoms with Crippen LogP contribution < -0.4 is 0 Å². The molecule has 7 heteroatoms. The molecule has 0 radical (unpaired) electrons. The zero-order valence-electron chi connectivity index (χ0n) is 22.2. The molecular weight excluding hydrogens is 476 g/mol. The van der Waals surface area contributed by atoms with Crippen LogP contribution in [-0.4, -0.2) is 52.7 Å². The van der Waals surface area contributed by atoms with E-state index in [0.29, 0.717) is 24.2 Å². The van der Waals surface area contributed by atoms with Crippen molar-refractivity contribution < 1.29 is 14.3 Å². The second kappa shape index (κ2) is 11.3. The first kappa shape index (κ1) is 26.6. The van der Waals surface area contributed by atoms with Gasteiger partial charge in [-0.3, -0.25) is 9.69 Å². The molecule has 1 heterocycles. The lowest BCUT2D eigenvalue weighted by Crippen LogP contribution is -2.44. The van der Waals surface area contributed by atoms with Crippen LogP contribution in [0.15, 0.2) is 83.9 Å². The van der Waals surface area contributed by atoms with Crippen LogP contribution >= 0.6 is 0 Å². The highest BCUT2D eigenvalue weighted by Gasteiger charge is 2.38. The topological polar surface area (TPSA) is 86.0 Å². The van der Waals surface area contributed by atoms with Gasteiger partial charge in [-0.1, -0.05) is 60.7 Å². The summed E-state index contributed by atoms with van der Waals surface area (Å²) in [6.07, 6.45) is -0.0189. The van der Waals surface area contributed by atoms with Crippen LogP contribution in [0.4, 0.5) is 10.5 Å². The molecule has 38 heavy (non-hydrogen) atoms. The van der Waals surface area contributed by atoms with E-state index < -0.39 is 17.7 Å². The van der Waals surface area contributed by atoms with E-state index in [-0.39, 0.29) is 12.5 Å². The summed E-state index contributed by atoms with van der Waals surface area (Å²) in [5.74, 6) is -0.151. The molecule has 2 amide bonds. The second-order valence-electron chi connectivity index (χ2n) is 10.3. The fourth-order valence-corrected chi connectivity index (χ4v) is 4.40. The van der Waals surface area contributed by atoms with Gasteiger partial charge in [-0.05, 0) is 51.0 Å². The number of nitriles is 1. The van der Waals surface area contributed by atoms with Gasteiger partial charge in [-0.2, -0.15) is 5.26 Å². The zero-order chi connectivity index (χ0) is 27.3. The molecule has 1 aliphatic rings. The lowest BCUT2D eigenvalue weighted by molar-refractivity contribution is -0.132. The number of likely N-dealkylation sites (tertiary alicyclic amines) is 1. The number of amides is 2. The maximum Gasteiger partial charge on any atom is 0.410 e. The second-order valence-corrected chi connectivity index (χ2v) is 10.3. The Labute approximate surface area is 224 Å². The van der Waals surface area contributed by atoms with Crippen LogP contribution in [0.3, 0.4) is 0 Å². The number of aliphatic imine (C=N–C) groups is 1. The largest absolute Gasteiger partial charge is 0.444 e. The highest BCUT2D eigenvalue weighted by Crippen LogP contribution is 2.28. The molecule has 4 rings (SSSR count). The Balaban J connectivity index is 1.65. The van der Waals surface area contributed by atoms with Crippen LogP contribution in [0, 0.1) is 11.3 Å². The molecule has 3 aromatic carbocycles. The van der Waals surface area contributed by atoms with Crippen molar-refractivity contribution in [3.8, 4) is 6.07 Å². The summed E-state index contributed by atoms with van der Waals surface area (Å²) in [5, 5.41) is 9.55. The summed E-state index contributed by atoms with van der Waals surface area (Å²) < 4.78 is 5.45. The van der Waals surface area contributed by atoms with E-state index in [1.165, 1.54) is 4.90 Å². The smallest absolute Gasteiger partial charge is 0.410 e. The van der Waals surface area contributed by atoms with Crippen LogP contribution in [0.5, 0.6) is 0 Å². The third-order valence-electron chi connectivity index (χ3n) is 6.31. The van der Waals surface area contributed by atoms with Crippen molar-refractivity contribution in [1.29, 1.82) is 5.26 Å². The molecular formula is C31H32N4O3. The van der Waals surface area contributed by atoms with Gasteiger partial charge in [0, 0.05) is 31.3 Å². The summed E-state index contributed by atoms with van der Waals surface area (Å²) in [4.78, 5) is 34.0. The average molecular weight is 509 g/mol. The monoisotopic (exact) mass is 508 g/mol. The Hall–Kier alpha value is -4.44. The highest BCUT2D eigenvalue weighted by atomic mass is 16.6. The first-order valence-corrected chi connectivity index (χ1v) is 12.6. The Morgan fingerprint density at radius 1 is 1.05 bits per heavy atom. The average Bonchev–Trinajstić information content (AvgIpc) is 3.27. The van der Waals surface area contributed by atoms with Crippen LogP contribution in [0.1, 0.15) is 49.4 Å². The minimum atomic E-state index is -0.646. The molecule has 0 unspecified atom stereocenters. The van der Waals surface area contributed by atoms with Gasteiger partial charge in [0.05, 0.1) is 23.0 Å². The predicted octanol–water partition coefficient (Wildman–Crippen LogP) is 5.70. The number of rotatable bonds is 6. The molecule has 0 bridgehead atoms. The van der Waals surface area contributed by atoms with E-state index in [4.69, 9.17) is 9.73 Å². The number of carbonyl (C=O) groups is 2. The van der Waals surface area contributed by atoms with Gasteiger partial charge >= 0.3 is 6.09 Å². The van der Waals surface area contributed by atoms with E-state index in [0.717, 1.165) is 22.4 Å². The molecule has 0 spiro atoms. The fourth-order valence-electron chi connectivity index (χ4n) is 4.40. The fraction of sp³-hybridized carbons (Fsp3) is 0.290. The standard InChI is InChI=1S/C31H32N4O3/c1-31(2,3)38-30(37)34(4)27-17-18-35(29(27)36)21-25-19-22(20-32)15-16-26(25)33-28(23-11-7-5-8-12-23)24-13-9-6-10-14-24/h5-16,19,27H,17-18,21H2,1-4H3/t27-/m0/s1. The molecule has 194 valence electrons. The summed E-state index contributed by atoms with van der Waals surface area (Å²) in [7, 11) is 1.60. The molecule has 3 aromatic rings. The molecule has 1 saturated heterocycles. The number of benzene rings is 3. The number of nitrogens with zero attached hydrogens (tertiary/aromatic N) is 4. The molecule has 0 saturated carbocycles. The van der Waals surface area contributed by atoms with Gasteiger partial charge in [0.1, 0.15) is 11.6 Å². The van der Waals surface area contributed by atoms with E-state index in [9.17, 15) is 14.9 Å². The van der Waals surface area contributed by atoms with Crippen LogP contribution in [0.2, 0.25) is 0 Å². The van der Waals surface area contributed by atoms with Gasteiger partial charge in [0.2, 0.25) is 5.91 Å². The van der Waals surface area contributed by atoms with Crippen molar-refractivity contribution >= 4 is 23.4 Å². The summed E-state index contributed by atoms with van der Waals surface area (Å²) in [6.45, 7) is 6.16. The number of carbonyl (C=O) groups excluding carboxylic acids is 2. The van der Waals surface area contributed by atoms with Crippen molar-refractivity contribution in [2.75, 3.05) is 13.6 Å². The number of hydrogen-bond donors (Lipinski definition) is 0. The minimum Gasteiger partial charge on any atom is -0.444 e.